The SMILES string of the molecule is CNC(=O)NC(=O)[C@H](N[C@@H](C)c1ccc(Cl)cc1)c1ccccc1. The second-order valence-corrected chi connectivity index (χ2v) is 5.79. The fourth-order valence-electron chi connectivity index (χ4n) is 2.31. The molecule has 0 aromatic heterocycles. The van der Waals surface area contributed by atoms with Gasteiger partial charge in [0.15, 0.2) is 0 Å². The molecule has 0 saturated carbocycles. The van der Waals surface area contributed by atoms with E-state index in [1.807, 2.05) is 49.4 Å². The summed E-state index contributed by atoms with van der Waals surface area (Å²) in [7, 11) is 1.46. The van der Waals surface area contributed by atoms with Gasteiger partial charge in [0.05, 0.1) is 0 Å². The van der Waals surface area contributed by atoms with Crippen LogP contribution in [0, 0.1) is 0 Å². The first-order valence-electron chi connectivity index (χ1n) is 7.60. The van der Waals surface area contributed by atoms with E-state index in [1.165, 1.54) is 7.05 Å². The van der Waals surface area contributed by atoms with Crippen LogP contribution in [0.2, 0.25) is 5.02 Å². The van der Waals surface area contributed by atoms with Gasteiger partial charge in [0, 0.05) is 18.1 Å². The van der Waals surface area contributed by atoms with E-state index in [-0.39, 0.29) is 6.04 Å². The predicted molar refractivity (Wildman–Crippen MR) is 94.8 cm³/mol. The maximum atomic E-state index is 12.5. The molecule has 3 N–H and O–H groups in total. The molecule has 0 aliphatic rings. The summed E-state index contributed by atoms with van der Waals surface area (Å²) in [6, 6.07) is 15.4. The van der Waals surface area contributed by atoms with Crippen LogP contribution in [-0.4, -0.2) is 19.0 Å². The fourth-order valence-corrected chi connectivity index (χ4v) is 2.44. The van der Waals surface area contributed by atoms with Crippen LogP contribution in [0.1, 0.15) is 30.1 Å². The van der Waals surface area contributed by atoms with Crippen molar-refractivity contribution in [2.45, 2.75) is 19.0 Å². The third kappa shape index (κ3) is 4.81. The van der Waals surface area contributed by atoms with E-state index < -0.39 is 18.0 Å². The Bertz CT molecular complexity index is 689. The van der Waals surface area contributed by atoms with Crippen LogP contribution in [0.4, 0.5) is 4.79 Å². The molecule has 2 atom stereocenters. The van der Waals surface area contributed by atoms with Crippen LogP contribution < -0.4 is 16.0 Å². The zero-order valence-electron chi connectivity index (χ0n) is 13.5. The highest BCUT2D eigenvalue weighted by molar-refractivity contribution is 6.30. The minimum absolute atomic E-state index is 0.108. The molecule has 0 spiro atoms. The molecule has 0 bridgehead atoms. The number of carbonyl (C=O) groups excluding carboxylic acids is 2. The lowest BCUT2D eigenvalue weighted by Crippen LogP contribution is -2.44. The number of nitrogens with one attached hydrogen (secondary N) is 3. The van der Waals surface area contributed by atoms with Gasteiger partial charge in [-0.25, -0.2) is 4.79 Å². The highest BCUT2D eigenvalue weighted by Crippen LogP contribution is 2.21. The maximum Gasteiger partial charge on any atom is 0.321 e. The quantitative estimate of drug-likeness (QED) is 0.779. The number of imide groups is 1. The van der Waals surface area contributed by atoms with Gasteiger partial charge >= 0.3 is 6.03 Å². The number of rotatable bonds is 5. The van der Waals surface area contributed by atoms with Crippen molar-refractivity contribution in [3.05, 3.63) is 70.7 Å². The second-order valence-electron chi connectivity index (χ2n) is 5.35. The Kier molecular flexibility index (Phi) is 6.35. The molecule has 0 radical (unpaired) electrons. The lowest BCUT2D eigenvalue weighted by atomic mass is 10.0. The first-order valence-corrected chi connectivity index (χ1v) is 7.98. The van der Waals surface area contributed by atoms with Gasteiger partial charge in [-0.15, -0.1) is 0 Å². The Morgan fingerprint density at radius 1 is 0.958 bits per heavy atom. The summed E-state index contributed by atoms with van der Waals surface area (Å²) in [6.07, 6.45) is 0. The number of amides is 3. The van der Waals surface area contributed by atoms with E-state index in [0.717, 1.165) is 11.1 Å². The molecule has 3 amide bonds. The Balaban J connectivity index is 2.20. The first kappa shape index (κ1) is 18.0. The second kappa shape index (κ2) is 8.47. The number of benzene rings is 2. The van der Waals surface area contributed by atoms with E-state index in [2.05, 4.69) is 16.0 Å². The van der Waals surface area contributed by atoms with Crippen LogP contribution in [0.3, 0.4) is 0 Å². The fraction of sp³-hybridized carbons (Fsp3) is 0.222. The average Bonchev–Trinajstić information content (AvgIpc) is 2.60. The number of halogens is 1. The molecule has 0 aliphatic heterocycles. The third-order valence-corrected chi connectivity index (χ3v) is 3.90. The lowest BCUT2D eigenvalue weighted by molar-refractivity contribution is -0.122. The Labute approximate surface area is 146 Å². The van der Waals surface area contributed by atoms with E-state index in [4.69, 9.17) is 11.6 Å². The Morgan fingerprint density at radius 2 is 1.58 bits per heavy atom. The number of hydrogen-bond acceptors (Lipinski definition) is 3. The van der Waals surface area contributed by atoms with Crippen LogP contribution in [0.25, 0.3) is 0 Å². The summed E-state index contributed by atoms with van der Waals surface area (Å²) in [4.78, 5) is 23.9. The van der Waals surface area contributed by atoms with Gasteiger partial charge in [-0.05, 0) is 30.2 Å². The summed E-state index contributed by atoms with van der Waals surface area (Å²) in [5.74, 6) is -0.415. The molecule has 0 saturated heterocycles. The average molecular weight is 346 g/mol. The van der Waals surface area contributed by atoms with E-state index in [0.29, 0.717) is 5.02 Å². The molecule has 0 fully saturated rings. The Hall–Kier alpha value is -2.37. The zero-order valence-corrected chi connectivity index (χ0v) is 14.3. The molecule has 0 heterocycles. The smallest absolute Gasteiger partial charge is 0.321 e. The molecule has 126 valence electrons. The normalized spacial score (nSPS) is 13.0. The lowest BCUT2D eigenvalue weighted by Gasteiger charge is -2.23. The highest BCUT2D eigenvalue weighted by atomic mass is 35.5. The number of hydrogen-bond donors (Lipinski definition) is 3. The molecule has 2 rings (SSSR count). The first-order chi connectivity index (χ1) is 11.5. The zero-order chi connectivity index (χ0) is 17.5. The monoisotopic (exact) mass is 345 g/mol. The molecule has 2 aromatic carbocycles. The molecular formula is C18H20ClN3O2. The summed E-state index contributed by atoms with van der Waals surface area (Å²) >= 11 is 5.91. The summed E-state index contributed by atoms with van der Waals surface area (Å²) < 4.78 is 0. The minimum atomic E-state index is -0.658. The molecule has 6 heteroatoms. The third-order valence-electron chi connectivity index (χ3n) is 3.65. The van der Waals surface area contributed by atoms with Gasteiger partial charge in [0.2, 0.25) is 5.91 Å². The van der Waals surface area contributed by atoms with Crippen LogP contribution in [0.5, 0.6) is 0 Å². The largest absolute Gasteiger partial charge is 0.341 e. The van der Waals surface area contributed by atoms with E-state index in [9.17, 15) is 9.59 Å². The van der Waals surface area contributed by atoms with Crippen molar-refractivity contribution >= 4 is 23.5 Å². The summed E-state index contributed by atoms with van der Waals surface area (Å²) in [5.41, 5.74) is 1.77. The molecule has 5 nitrogen and oxygen atoms in total. The van der Waals surface area contributed by atoms with Crippen molar-refractivity contribution in [2.75, 3.05) is 7.05 Å². The molecular weight excluding hydrogens is 326 g/mol. The summed E-state index contributed by atoms with van der Waals surface area (Å²) in [6.45, 7) is 1.95. The molecule has 0 aliphatic carbocycles. The maximum absolute atomic E-state index is 12.5. The van der Waals surface area contributed by atoms with Crippen molar-refractivity contribution < 1.29 is 9.59 Å². The van der Waals surface area contributed by atoms with Gasteiger partial charge in [-0.1, -0.05) is 54.1 Å². The van der Waals surface area contributed by atoms with Crippen molar-refractivity contribution in [3.63, 3.8) is 0 Å². The van der Waals surface area contributed by atoms with E-state index in [1.54, 1.807) is 12.1 Å². The van der Waals surface area contributed by atoms with Crippen molar-refractivity contribution in [1.82, 2.24) is 16.0 Å². The van der Waals surface area contributed by atoms with Crippen LogP contribution in [0.15, 0.2) is 54.6 Å². The van der Waals surface area contributed by atoms with Gasteiger partial charge in [0.25, 0.3) is 0 Å². The van der Waals surface area contributed by atoms with Crippen molar-refractivity contribution in [1.29, 1.82) is 0 Å². The predicted octanol–water partition coefficient (Wildman–Crippen LogP) is 3.19. The Morgan fingerprint density at radius 3 is 2.17 bits per heavy atom. The molecule has 0 unspecified atom stereocenters. The topological polar surface area (TPSA) is 70.2 Å². The van der Waals surface area contributed by atoms with Gasteiger partial charge in [-0.3, -0.25) is 15.4 Å². The van der Waals surface area contributed by atoms with Crippen molar-refractivity contribution in [2.24, 2.45) is 0 Å². The minimum Gasteiger partial charge on any atom is -0.341 e. The summed E-state index contributed by atoms with van der Waals surface area (Å²) in [5, 5.41) is 8.62. The molecule has 2 aromatic rings. The van der Waals surface area contributed by atoms with Crippen LogP contribution >= 0.6 is 11.6 Å². The highest BCUT2D eigenvalue weighted by Gasteiger charge is 2.24. The number of carbonyl (C=O) groups is 2. The van der Waals surface area contributed by atoms with Gasteiger partial charge in [-0.2, -0.15) is 0 Å². The van der Waals surface area contributed by atoms with Crippen LogP contribution in [-0.2, 0) is 4.79 Å². The standard InChI is InChI=1S/C18H20ClN3O2/c1-12(13-8-10-15(19)11-9-13)21-16(14-6-4-3-5-7-14)17(23)22-18(24)20-2/h3-12,16,21H,1-2H3,(H2,20,22,23,24)/t12-,16+/m0/s1. The van der Waals surface area contributed by atoms with Gasteiger partial charge < -0.3 is 5.32 Å². The molecule has 24 heavy (non-hydrogen) atoms. The van der Waals surface area contributed by atoms with E-state index >= 15 is 0 Å². The van der Waals surface area contributed by atoms with Crippen molar-refractivity contribution in [3.8, 4) is 0 Å². The van der Waals surface area contributed by atoms with Gasteiger partial charge in [0.1, 0.15) is 6.04 Å². The number of urea groups is 1.